The Balaban J connectivity index is 2.77. The lowest BCUT2D eigenvalue weighted by molar-refractivity contribution is -0.400. The number of nitrogens with zero attached hydrogens (tertiary/aromatic N) is 1. The summed E-state index contributed by atoms with van der Waals surface area (Å²) in [5.74, 6) is 0. The van der Waals surface area contributed by atoms with Crippen LogP contribution in [-0.2, 0) is 0 Å². The van der Waals surface area contributed by atoms with Crippen molar-refractivity contribution in [3.8, 4) is 0 Å². The Morgan fingerprint density at radius 1 is 1.33 bits per heavy atom. The second-order valence-corrected chi connectivity index (χ2v) is 3.07. The summed E-state index contributed by atoms with van der Waals surface area (Å²) in [5, 5.41) is 9.95. The van der Waals surface area contributed by atoms with Crippen molar-refractivity contribution in [1.82, 2.24) is 0 Å². The zero-order valence-corrected chi connectivity index (χ0v) is 7.69. The first-order valence-electron chi connectivity index (χ1n) is 3.26. The van der Waals surface area contributed by atoms with Crippen LogP contribution >= 0.6 is 15.9 Å². The smallest absolute Gasteiger partial charge is 0.235 e. The minimum absolute atomic E-state index is 0.484. The molecular weight excluding hydrogens is 222 g/mol. The maximum atomic E-state index is 9.95. The Morgan fingerprint density at radius 3 is 2.42 bits per heavy atom. The summed E-state index contributed by atoms with van der Waals surface area (Å²) in [6, 6.07) is 7.26. The molecule has 0 N–H and O–H groups in total. The van der Waals surface area contributed by atoms with E-state index in [-0.39, 0.29) is 0 Å². The van der Waals surface area contributed by atoms with Gasteiger partial charge in [0, 0.05) is 10.5 Å². The minimum Gasteiger partial charge on any atom is -0.259 e. The summed E-state index contributed by atoms with van der Waals surface area (Å²) in [7, 11) is 0. The number of hydrogen-bond acceptors (Lipinski definition) is 2. The normalized spacial score (nSPS) is 10.4. The summed E-state index contributed by atoms with van der Waals surface area (Å²) >= 11 is 3.27. The SMILES string of the molecule is O=[N+]([O-])C=Cc1ccc(Br)cc1. The molecule has 0 fully saturated rings. The van der Waals surface area contributed by atoms with E-state index in [1.807, 2.05) is 12.1 Å². The van der Waals surface area contributed by atoms with Crippen molar-refractivity contribution in [2.45, 2.75) is 0 Å². The average molecular weight is 228 g/mol. The molecule has 12 heavy (non-hydrogen) atoms. The Morgan fingerprint density at radius 2 is 1.92 bits per heavy atom. The average Bonchev–Trinajstić information content (AvgIpc) is 2.03. The van der Waals surface area contributed by atoms with Gasteiger partial charge in [0.25, 0.3) is 0 Å². The zero-order chi connectivity index (χ0) is 8.97. The van der Waals surface area contributed by atoms with Gasteiger partial charge in [0.2, 0.25) is 6.20 Å². The Kier molecular flexibility index (Phi) is 2.99. The van der Waals surface area contributed by atoms with Gasteiger partial charge in [-0.05, 0) is 17.7 Å². The summed E-state index contributed by atoms with van der Waals surface area (Å²) in [5.41, 5.74) is 0.815. The van der Waals surface area contributed by atoms with E-state index in [9.17, 15) is 10.1 Å². The van der Waals surface area contributed by atoms with Gasteiger partial charge in [-0.25, -0.2) is 0 Å². The van der Waals surface area contributed by atoms with Crippen molar-refractivity contribution >= 4 is 22.0 Å². The van der Waals surface area contributed by atoms with Gasteiger partial charge >= 0.3 is 0 Å². The number of rotatable bonds is 2. The van der Waals surface area contributed by atoms with Crippen LogP contribution in [0.4, 0.5) is 0 Å². The predicted molar refractivity (Wildman–Crippen MR) is 50.2 cm³/mol. The van der Waals surface area contributed by atoms with Gasteiger partial charge in [-0.15, -0.1) is 0 Å². The van der Waals surface area contributed by atoms with Crippen LogP contribution < -0.4 is 0 Å². The Bertz CT molecular complexity index is 305. The fourth-order valence-electron chi connectivity index (χ4n) is 0.721. The third-order valence-corrected chi connectivity index (χ3v) is 1.79. The molecule has 0 saturated carbocycles. The van der Waals surface area contributed by atoms with Crippen molar-refractivity contribution in [3.63, 3.8) is 0 Å². The van der Waals surface area contributed by atoms with Crippen molar-refractivity contribution in [2.24, 2.45) is 0 Å². The van der Waals surface area contributed by atoms with E-state index in [1.165, 1.54) is 6.08 Å². The maximum Gasteiger partial charge on any atom is 0.235 e. The van der Waals surface area contributed by atoms with Crippen LogP contribution in [0, 0.1) is 10.1 Å². The standard InChI is InChI=1S/C8H6BrNO2/c9-8-3-1-7(2-4-8)5-6-10(11)12/h1-6H. The molecule has 4 heteroatoms. The topological polar surface area (TPSA) is 43.1 Å². The number of benzene rings is 1. The largest absolute Gasteiger partial charge is 0.259 e. The maximum absolute atomic E-state index is 9.95. The highest BCUT2D eigenvalue weighted by molar-refractivity contribution is 9.10. The molecule has 62 valence electrons. The highest BCUT2D eigenvalue weighted by Crippen LogP contribution is 2.11. The van der Waals surface area contributed by atoms with E-state index >= 15 is 0 Å². The molecule has 0 unspecified atom stereocenters. The highest BCUT2D eigenvalue weighted by atomic mass is 79.9. The lowest BCUT2D eigenvalue weighted by atomic mass is 10.2. The van der Waals surface area contributed by atoms with Gasteiger partial charge in [-0.2, -0.15) is 0 Å². The molecule has 1 aromatic rings. The van der Waals surface area contributed by atoms with Crippen molar-refractivity contribution in [3.05, 3.63) is 50.6 Å². The van der Waals surface area contributed by atoms with E-state index in [2.05, 4.69) is 15.9 Å². The summed E-state index contributed by atoms with van der Waals surface area (Å²) < 4.78 is 0.959. The van der Waals surface area contributed by atoms with Crippen molar-refractivity contribution < 1.29 is 4.92 Å². The number of nitro groups is 1. The van der Waals surface area contributed by atoms with E-state index in [0.717, 1.165) is 16.2 Å². The first-order valence-corrected chi connectivity index (χ1v) is 4.05. The van der Waals surface area contributed by atoms with E-state index in [4.69, 9.17) is 0 Å². The molecule has 0 bridgehead atoms. The van der Waals surface area contributed by atoms with Crippen LogP contribution in [0.2, 0.25) is 0 Å². The lowest BCUT2D eigenvalue weighted by Crippen LogP contribution is -1.81. The molecule has 1 rings (SSSR count). The minimum atomic E-state index is -0.484. The number of halogens is 1. The lowest BCUT2D eigenvalue weighted by Gasteiger charge is -1.90. The van der Waals surface area contributed by atoms with E-state index in [1.54, 1.807) is 12.1 Å². The van der Waals surface area contributed by atoms with Crippen LogP contribution in [-0.4, -0.2) is 4.92 Å². The summed E-state index contributed by atoms with van der Waals surface area (Å²) in [6.45, 7) is 0. The molecule has 0 aliphatic rings. The van der Waals surface area contributed by atoms with E-state index in [0.29, 0.717) is 0 Å². The molecule has 0 spiro atoms. The molecule has 1 aromatic carbocycles. The van der Waals surface area contributed by atoms with Gasteiger partial charge in [0.1, 0.15) is 0 Å². The Hall–Kier alpha value is -1.16. The molecule has 0 heterocycles. The Labute approximate surface area is 78.0 Å². The van der Waals surface area contributed by atoms with Gasteiger partial charge in [-0.3, -0.25) is 10.1 Å². The third-order valence-electron chi connectivity index (χ3n) is 1.26. The second kappa shape index (κ2) is 4.01. The molecule has 0 atom stereocenters. The van der Waals surface area contributed by atoms with Gasteiger partial charge in [0.05, 0.1) is 4.92 Å². The molecule has 0 aliphatic carbocycles. The zero-order valence-electron chi connectivity index (χ0n) is 6.11. The molecule has 0 radical (unpaired) electrons. The van der Waals surface area contributed by atoms with Crippen molar-refractivity contribution in [2.75, 3.05) is 0 Å². The first kappa shape index (κ1) is 8.93. The van der Waals surface area contributed by atoms with E-state index < -0.39 is 4.92 Å². The van der Waals surface area contributed by atoms with Gasteiger partial charge in [-0.1, -0.05) is 28.1 Å². The van der Waals surface area contributed by atoms with Gasteiger partial charge in [0.15, 0.2) is 0 Å². The molecular formula is C8H6BrNO2. The van der Waals surface area contributed by atoms with Crippen LogP contribution in [0.15, 0.2) is 34.9 Å². The predicted octanol–water partition coefficient (Wildman–Crippen LogP) is 2.70. The number of hydrogen-bond donors (Lipinski definition) is 0. The fourth-order valence-corrected chi connectivity index (χ4v) is 0.985. The first-order chi connectivity index (χ1) is 5.68. The highest BCUT2D eigenvalue weighted by Gasteiger charge is 1.89. The molecule has 0 amide bonds. The molecule has 0 aliphatic heterocycles. The van der Waals surface area contributed by atoms with Gasteiger partial charge < -0.3 is 0 Å². The molecule has 0 saturated heterocycles. The molecule has 3 nitrogen and oxygen atoms in total. The van der Waals surface area contributed by atoms with Crippen molar-refractivity contribution in [1.29, 1.82) is 0 Å². The van der Waals surface area contributed by atoms with Crippen LogP contribution in [0.3, 0.4) is 0 Å². The summed E-state index contributed by atoms with van der Waals surface area (Å²) in [6.07, 6.45) is 2.37. The van der Waals surface area contributed by atoms with Crippen LogP contribution in [0.5, 0.6) is 0 Å². The summed E-state index contributed by atoms with van der Waals surface area (Å²) in [4.78, 5) is 9.46. The third kappa shape index (κ3) is 2.84. The fraction of sp³-hybridized carbons (Fsp3) is 0. The molecule has 0 aromatic heterocycles. The van der Waals surface area contributed by atoms with Crippen LogP contribution in [0.1, 0.15) is 5.56 Å². The van der Waals surface area contributed by atoms with Crippen LogP contribution in [0.25, 0.3) is 6.08 Å². The second-order valence-electron chi connectivity index (χ2n) is 2.15. The quantitative estimate of drug-likeness (QED) is 0.576. The monoisotopic (exact) mass is 227 g/mol.